The second-order valence-electron chi connectivity index (χ2n) is 5.04. The second-order valence-corrected chi connectivity index (χ2v) is 6.05. The first kappa shape index (κ1) is 14.2. The van der Waals surface area contributed by atoms with Crippen molar-refractivity contribution in [3.63, 3.8) is 0 Å². The number of nitrogens with zero attached hydrogens (tertiary/aromatic N) is 2. The minimum atomic E-state index is 0.252. The number of morpholine rings is 1. The van der Waals surface area contributed by atoms with Gasteiger partial charge in [0.2, 0.25) is 0 Å². The number of carbonyl (C=O) groups excluding carboxylic acids is 1. The van der Waals surface area contributed by atoms with Gasteiger partial charge in [0.25, 0.3) is 0 Å². The molecule has 0 spiro atoms. The van der Waals surface area contributed by atoms with Crippen molar-refractivity contribution >= 4 is 22.8 Å². The number of hydrogen-bond acceptors (Lipinski definition) is 5. The van der Waals surface area contributed by atoms with E-state index in [0.29, 0.717) is 4.88 Å². The molecule has 4 nitrogen and oxygen atoms in total. The van der Waals surface area contributed by atoms with Crippen LogP contribution in [0.2, 0.25) is 0 Å². The molecule has 0 radical (unpaired) electrons. The average Bonchev–Trinajstić information content (AvgIpc) is 3.00. The van der Waals surface area contributed by atoms with Crippen molar-refractivity contribution in [2.45, 2.75) is 19.4 Å². The van der Waals surface area contributed by atoms with Crippen LogP contribution in [0.4, 0.5) is 5.13 Å². The van der Waals surface area contributed by atoms with Crippen LogP contribution in [0.1, 0.15) is 23.0 Å². The molecule has 1 aliphatic heterocycles. The summed E-state index contributed by atoms with van der Waals surface area (Å²) in [6.07, 6.45) is 2.15. The van der Waals surface area contributed by atoms with E-state index in [1.807, 2.05) is 30.3 Å². The van der Waals surface area contributed by atoms with E-state index in [-0.39, 0.29) is 6.10 Å². The van der Waals surface area contributed by atoms with Crippen LogP contribution in [0.15, 0.2) is 30.3 Å². The molecule has 21 heavy (non-hydrogen) atoms. The van der Waals surface area contributed by atoms with Gasteiger partial charge in [0.15, 0.2) is 11.4 Å². The van der Waals surface area contributed by atoms with Crippen molar-refractivity contribution in [3.05, 3.63) is 35.2 Å². The van der Waals surface area contributed by atoms with E-state index < -0.39 is 0 Å². The zero-order valence-electron chi connectivity index (χ0n) is 12.0. The maximum atomic E-state index is 11.3. The third-order valence-electron chi connectivity index (χ3n) is 3.66. The summed E-state index contributed by atoms with van der Waals surface area (Å²) in [4.78, 5) is 19.0. The van der Waals surface area contributed by atoms with Gasteiger partial charge < -0.3 is 9.64 Å². The summed E-state index contributed by atoms with van der Waals surface area (Å²) in [5.41, 5.74) is 1.77. The Labute approximate surface area is 128 Å². The first-order chi connectivity index (χ1) is 10.3. The number of anilines is 1. The van der Waals surface area contributed by atoms with E-state index in [4.69, 9.17) is 9.72 Å². The molecule has 0 bridgehead atoms. The van der Waals surface area contributed by atoms with Gasteiger partial charge in [-0.2, -0.15) is 0 Å². The molecule has 1 atom stereocenters. The lowest BCUT2D eigenvalue weighted by Gasteiger charge is -2.32. The molecule has 2 heterocycles. The van der Waals surface area contributed by atoms with Crippen molar-refractivity contribution in [3.8, 4) is 11.3 Å². The maximum Gasteiger partial charge on any atom is 0.186 e. The highest BCUT2D eigenvalue weighted by Crippen LogP contribution is 2.32. The molecule has 1 aromatic carbocycles. The molecule has 2 aromatic rings. The average molecular weight is 302 g/mol. The smallest absolute Gasteiger partial charge is 0.186 e. The van der Waals surface area contributed by atoms with Crippen molar-refractivity contribution < 1.29 is 9.53 Å². The minimum Gasteiger partial charge on any atom is -0.375 e. The molecule has 1 aliphatic rings. The van der Waals surface area contributed by atoms with E-state index in [1.165, 1.54) is 11.3 Å². The number of benzene rings is 1. The minimum absolute atomic E-state index is 0.252. The van der Waals surface area contributed by atoms with E-state index in [9.17, 15) is 4.79 Å². The Bertz CT molecular complexity index is 612. The number of thiazole rings is 1. The van der Waals surface area contributed by atoms with Crippen LogP contribution in [0.25, 0.3) is 11.3 Å². The monoisotopic (exact) mass is 302 g/mol. The van der Waals surface area contributed by atoms with Crippen molar-refractivity contribution in [1.29, 1.82) is 0 Å². The van der Waals surface area contributed by atoms with E-state index >= 15 is 0 Å². The Kier molecular flexibility index (Phi) is 4.31. The Morgan fingerprint density at radius 1 is 1.43 bits per heavy atom. The lowest BCUT2D eigenvalue weighted by molar-refractivity contribution is 0.0384. The second kappa shape index (κ2) is 6.37. The summed E-state index contributed by atoms with van der Waals surface area (Å²) in [5.74, 6) is 0. The predicted octanol–water partition coefficient (Wildman–Crippen LogP) is 3.24. The lowest BCUT2D eigenvalue weighted by atomic mass is 10.1. The number of aromatic nitrogens is 1. The largest absolute Gasteiger partial charge is 0.375 e. The molecule has 0 aliphatic carbocycles. The van der Waals surface area contributed by atoms with Crippen molar-refractivity contribution in [2.24, 2.45) is 0 Å². The van der Waals surface area contributed by atoms with Crippen molar-refractivity contribution in [1.82, 2.24) is 4.98 Å². The molecular weight excluding hydrogens is 284 g/mol. The number of carbonyl (C=O) groups is 1. The van der Waals surface area contributed by atoms with Gasteiger partial charge in [-0.25, -0.2) is 4.98 Å². The fourth-order valence-corrected chi connectivity index (χ4v) is 3.42. The summed E-state index contributed by atoms with van der Waals surface area (Å²) < 4.78 is 5.69. The van der Waals surface area contributed by atoms with Gasteiger partial charge in [-0.1, -0.05) is 48.6 Å². The van der Waals surface area contributed by atoms with Crippen LogP contribution < -0.4 is 4.90 Å². The van der Waals surface area contributed by atoms with Gasteiger partial charge in [-0.05, 0) is 6.42 Å². The Balaban J connectivity index is 1.91. The third kappa shape index (κ3) is 2.99. The maximum absolute atomic E-state index is 11.3. The molecule has 1 unspecified atom stereocenters. The fourth-order valence-electron chi connectivity index (χ4n) is 2.48. The first-order valence-corrected chi connectivity index (χ1v) is 8.01. The van der Waals surface area contributed by atoms with E-state index in [0.717, 1.165) is 48.8 Å². The Morgan fingerprint density at radius 2 is 2.24 bits per heavy atom. The predicted molar refractivity (Wildman–Crippen MR) is 85.2 cm³/mol. The molecule has 3 rings (SSSR count). The summed E-state index contributed by atoms with van der Waals surface area (Å²) >= 11 is 1.46. The SMILES string of the molecule is CCC1CN(c2nc(-c3ccccc3)c(C=O)s2)CCO1. The molecule has 1 aromatic heterocycles. The highest BCUT2D eigenvalue weighted by molar-refractivity contribution is 7.17. The van der Waals surface area contributed by atoms with Gasteiger partial charge in [-0.15, -0.1) is 0 Å². The van der Waals surface area contributed by atoms with E-state index in [2.05, 4.69) is 11.8 Å². The van der Waals surface area contributed by atoms with Gasteiger partial charge in [0.1, 0.15) is 0 Å². The number of ether oxygens (including phenoxy) is 1. The summed E-state index contributed by atoms with van der Waals surface area (Å²) in [5, 5.41) is 0.915. The summed E-state index contributed by atoms with van der Waals surface area (Å²) in [6.45, 7) is 4.52. The standard InChI is InChI=1S/C16H18N2O2S/c1-2-13-10-18(8-9-20-13)16-17-15(14(11-19)21-16)12-6-4-3-5-7-12/h3-7,11,13H,2,8-10H2,1H3. The van der Waals surface area contributed by atoms with Crippen molar-refractivity contribution in [2.75, 3.05) is 24.6 Å². The normalized spacial score (nSPS) is 18.7. The molecule has 0 N–H and O–H groups in total. The van der Waals surface area contributed by atoms with Crippen LogP contribution in [-0.2, 0) is 4.74 Å². The quantitative estimate of drug-likeness (QED) is 0.813. The zero-order chi connectivity index (χ0) is 14.7. The molecule has 0 amide bonds. The van der Waals surface area contributed by atoms with Crippen LogP contribution in [0, 0.1) is 0 Å². The lowest BCUT2D eigenvalue weighted by Crippen LogP contribution is -2.42. The number of rotatable bonds is 4. The summed E-state index contributed by atoms with van der Waals surface area (Å²) in [7, 11) is 0. The number of hydrogen-bond donors (Lipinski definition) is 0. The molecule has 5 heteroatoms. The third-order valence-corrected chi connectivity index (χ3v) is 4.70. The number of aldehydes is 1. The van der Waals surface area contributed by atoms with Crippen LogP contribution in [0.5, 0.6) is 0 Å². The molecule has 1 fully saturated rings. The van der Waals surface area contributed by atoms with E-state index in [1.54, 1.807) is 0 Å². The van der Waals surface area contributed by atoms with Gasteiger partial charge in [-0.3, -0.25) is 4.79 Å². The highest BCUT2D eigenvalue weighted by atomic mass is 32.1. The fraction of sp³-hybridized carbons (Fsp3) is 0.375. The van der Waals surface area contributed by atoms with Gasteiger partial charge in [0, 0.05) is 18.7 Å². The topological polar surface area (TPSA) is 42.4 Å². The van der Waals surface area contributed by atoms with Crippen LogP contribution >= 0.6 is 11.3 Å². The Hall–Kier alpha value is -1.72. The van der Waals surface area contributed by atoms with Crippen LogP contribution in [0.3, 0.4) is 0 Å². The van der Waals surface area contributed by atoms with Gasteiger partial charge >= 0.3 is 0 Å². The molecule has 0 saturated carbocycles. The molecule has 110 valence electrons. The molecular formula is C16H18N2O2S. The Morgan fingerprint density at radius 3 is 2.95 bits per heavy atom. The zero-order valence-corrected chi connectivity index (χ0v) is 12.8. The first-order valence-electron chi connectivity index (χ1n) is 7.19. The summed E-state index contributed by atoms with van der Waals surface area (Å²) in [6, 6.07) is 9.86. The highest BCUT2D eigenvalue weighted by Gasteiger charge is 2.23. The molecule has 1 saturated heterocycles. The van der Waals surface area contributed by atoms with Gasteiger partial charge in [0.05, 0.1) is 23.3 Å². The van der Waals surface area contributed by atoms with Crippen LogP contribution in [-0.4, -0.2) is 37.1 Å².